The third-order valence-corrected chi connectivity index (χ3v) is 1.14. The number of phenolic OH excluding ortho intramolecular Hbond substituents is 2. The summed E-state index contributed by atoms with van der Waals surface area (Å²) in [6.45, 7) is 0. The summed E-state index contributed by atoms with van der Waals surface area (Å²) in [5, 5.41) is 17.7. The molecular formula is C7H6CuO3. The van der Waals surface area contributed by atoms with Crippen LogP contribution in [0.2, 0.25) is 0 Å². The SMILES string of the molecule is O=Cc1ccc(O)cc1O.[Cu]. The Morgan fingerprint density at radius 1 is 1.27 bits per heavy atom. The van der Waals surface area contributed by atoms with Crippen LogP contribution in [0.25, 0.3) is 0 Å². The van der Waals surface area contributed by atoms with Crippen molar-refractivity contribution in [3.05, 3.63) is 23.8 Å². The van der Waals surface area contributed by atoms with Gasteiger partial charge in [0, 0.05) is 23.1 Å². The molecule has 4 heteroatoms. The van der Waals surface area contributed by atoms with Crippen LogP contribution in [0.5, 0.6) is 11.5 Å². The summed E-state index contributed by atoms with van der Waals surface area (Å²) < 4.78 is 0. The van der Waals surface area contributed by atoms with Crippen molar-refractivity contribution in [1.82, 2.24) is 0 Å². The number of carbonyl (C=O) groups excluding carboxylic acids is 1. The number of aromatic hydroxyl groups is 2. The topological polar surface area (TPSA) is 57.5 Å². The summed E-state index contributed by atoms with van der Waals surface area (Å²) in [6.07, 6.45) is 0.523. The molecule has 0 saturated carbocycles. The standard InChI is InChI=1S/C7H6O3.Cu/c8-4-5-1-2-6(9)3-7(5)10;/h1-4,9-10H;. The smallest absolute Gasteiger partial charge is 0.153 e. The Balaban J connectivity index is 0.000001000. The molecule has 0 fully saturated rings. The van der Waals surface area contributed by atoms with Gasteiger partial charge < -0.3 is 10.2 Å². The predicted molar refractivity (Wildman–Crippen MR) is 35.2 cm³/mol. The number of carbonyl (C=O) groups is 1. The van der Waals surface area contributed by atoms with Crippen LogP contribution < -0.4 is 0 Å². The quantitative estimate of drug-likeness (QED) is 0.525. The Hall–Kier alpha value is -0.991. The summed E-state index contributed by atoms with van der Waals surface area (Å²) in [7, 11) is 0. The Morgan fingerprint density at radius 3 is 2.36 bits per heavy atom. The third-order valence-electron chi connectivity index (χ3n) is 1.14. The second kappa shape index (κ2) is 4.01. The predicted octanol–water partition coefficient (Wildman–Crippen LogP) is 0.908. The number of hydrogen-bond donors (Lipinski definition) is 2. The number of hydrogen-bond acceptors (Lipinski definition) is 3. The van der Waals surface area contributed by atoms with Crippen molar-refractivity contribution in [2.75, 3.05) is 0 Å². The molecule has 0 atom stereocenters. The Labute approximate surface area is 74.1 Å². The number of benzene rings is 1. The molecule has 0 unspecified atom stereocenters. The van der Waals surface area contributed by atoms with E-state index in [1.165, 1.54) is 12.1 Å². The largest absolute Gasteiger partial charge is 0.508 e. The first-order chi connectivity index (χ1) is 4.74. The van der Waals surface area contributed by atoms with Crippen LogP contribution >= 0.6 is 0 Å². The van der Waals surface area contributed by atoms with Gasteiger partial charge >= 0.3 is 0 Å². The van der Waals surface area contributed by atoms with E-state index in [1.807, 2.05) is 0 Å². The number of aldehydes is 1. The maximum Gasteiger partial charge on any atom is 0.153 e. The minimum Gasteiger partial charge on any atom is -0.508 e. The molecular weight excluding hydrogens is 196 g/mol. The monoisotopic (exact) mass is 201 g/mol. The van der Waals surface area contributed by atoms with Crippen molar-refractivity contribution < 1.29 is 32.1 Å². The fourth-order valence-corrected chi connectivity index (χ4v) is 0.632. The van der Waals surface area contributed by atoms with Gasteiger partial charge in [0.05, 0.1) is 5.56 Å². The second-order valence-corrected chi connectivity index (χ2v) is 1.86. The van der Waals surface area contributed by atoms with Crippen molar-refractivity contribution in [2.24, 2.45) is 0 Å². The van der Waals surface area contributed by atoms with E-state index in [4.69, 9.17) is 10.2 Å². The first-order valence-electron chi connectivity index (χ1n) is 2.71. The van der Waals surface area contributed by atoms with E-state index >= 15 is 0 Å². The van der Waals surface area contributed by atoms with E-state index in [0.717, 1.165) is 6.07 Å². The summed E-state index contributed by atoms with van der Waals surface area (Å²) in [5.41, 5.74) is 0.179. The van der Waals surface area contributed by atoms with Crippen LogP contribution in [-0.2, 0) is 17.1 Å². The Morgan fingerprint density at radius 2 is 1.91 bits per heavy atom. The van der Waals surface area contributed by atoms with Gasteiger partial charge in [0.25, 0.3) is 0 Å². The van der Waals surface area contributed by atoms with Gasteiger partial charge in [0.2, 0.25) is 0 Å². The van der Waals surface area contributed by atoms with E-state index in [0.29, 0.717) is 6.29 Å². The third kappa shape index (κ3) is 2.26. The summed E-state index contributed by atoms with van der Waals surface area (Å²) in [4.78, 5) is 10.1. The van der Waals surface area contributed by atoms with E-state index < -0.39 is 0 Å². The average molecular weight is 202 g/mol. The van der Waals surface area contributed by atoms with Crippen LogP contribution in [0.1, 0.15) is 10.4 Å². The molecule has 0 aliphatic heterocycles. The molecule has 1 aromatic carbocycles. The van der Waals surface area contributed by atoms with Gasteiger partial charge in [-0.2, -0.15) is 0 Å². The molecule has 63 valence electrons. The zero-order chi connectivity index (χ0) is 7.56. The maximum atomic E-state index is 10.1. The molecule has 0 bridgehead atoms. The van der Waals surface area contributed by atoms with Crippen molar-refractivity contribution in [1.29, 1.82) is 0 Å². The average Bonchev–Trinajstić information content (AvgIpc) is 1.88. The van der Waals surface area contributed by atoms with Crippen LogP contribution in [0.15, 0.2) is 18.2 Å². The number of rotatable bonds is 1. The fraction of sp³-hybridized carbons (Fsp3) is 0. The molecule has 0 aromatic heterocycles. The zero-order valence-electron chi connectivity index (χ0n) is 5.41. The van der Waals surface area contributed by atoms with Gasteiger partial charge in [-0.3, -0.25) is 4.79 Å². The minimum atomic E-state index is -0.199. The molecule has 11 heavy (non-hydrogen) atoms. The zero-order valence-corrected chi connectivity index (χ0v) is 6.36. The summed E-state index contributed by atoms with van der Waals surface area (Å²) in [6, 6.07) is 3.80. The normalized spacial score (nSPS) is 8.36. The van der Waals surface area contributed by atoms with E-state index in [9.17, 15) is 4.79 Å². The molecule has 0 aliphatic rings. The van der Waals surface area contributed by atoms with Crippen LogP contribution in [0.3, 0.4) is 0 Å². The van der Waals surface area contributed by atoms with Crippen molar-refractivity contribution >= 4 is 6.29 Å². The molecule has 1 rings (SSSR count). The molecule has 0 saturated heterocycles. The van der Waals surface area contributed by atoms with Gasteiger partial charge in [-0.15, -0.1) is 0 Å². The molecule has 0 heterocycles. The Kier molecular flexibility index (Phi) is 3.65. The van der Waals surface area contributed by atoms with Crippen LogP contribution in [0, 0.1) is 0 Å². The molecule has 1 radical (unpaired) electrons. The maximum absolute atomic E-state index is 10.1. The summed E-state index contributed by atoms with van der Waals surface area (Å²) in [5.74, 6) is -0.252. The first kappa shape index (κ1) is 10.0. The second-order valence-electron chi connectivity index (χ2n) is 1.86. The van der Waals surface area contributed by atoms with Crippen molar-refractivity contribution in [3.8, 4) is 11.5 Å². The molecule has 2 N–H and O–H groups in total. The van der Waals surface area contributed by atoms with E-state index in [1.54, 1.807) is 0 Å². The first-order valence-corrected chi connectivity index (χ1v) is 2.71. The van der Waals surface area contributed by atoms with E-state index in [-0.39, 0.29) is 34.1 Å². The molecule has 0 amide bonds. The molecule has 3 nitrogen and oxygen atoms in total. The Bertz CT molecular complexity index is 260. The molecule has 0 spiro atoms. The van der Waals surface area contributed by atoms with Gasteiger partial charge in [0.15, 0.2) is 6.29 Å². The van der Waals surface area contributed by atoms with Gasteiger partial charge in [0.1, 0.15) is 11.5 Å². The van der Waals surface area contributed by atoms with Crippen LogP contribution in [0.4, 0.5) is 0 Å². The summed E-state index contributed by atoms with van der Waals surface area (Å²) >= 11 is 0. The van der Waals surface area contributed by atoms with Gasteiger partial charge in [-0.05, 0) is 12.1 Å². The van der Waals surface area contributed by atoms with Crippen LogP contribution in [-0.4, -0.2) is 16.5 Å². The molecule has 0 aliphatic carbocycles. The minimum absolute atomic E-state index is 0. The molecule has 1 aromatic rings. The van der Waals surface area contributed by atoms with Gasteiger partial charge in [-0.25, -0.2) is 0 Å². The fourth-order valence-electron chi connectivity index (χ4n) is 0.632. The van der Waals surface area contributed by atoms with Gasteiger partial charge in [-0.1, -0.05) is 0 Å². The van der Waals surface area contributed by atoms with E-state index in [2.05, 4.69) is 0 Å². The van der Waals surface area contributed by atoms with Crippen molar-refractivity contribution in [2.45, 2.75) is 0 Å². The number of phenols is 2. The van der Waals surface area contributed by atoms with Crippen molar-refractivity contribution in [3.63, 3.8) is 0 Å².